The molecule has 0 aliphatic carbocycles. The van der Waals surface area contributed by atoms with Crippen molar-refractivity contribution in [2.24, 2.45) is 5.73 Å². The van der Waals surface area contributed by atoms with Crippen molar-refractivity contribution in [3.8, 4) is 11.3 Å². The summed E-state index contributed by atoms with van der Waals surface area (Å²) in [4.78, 5) is 20.7. The summed E-state index contributed by atoms with van der Waals surface area (Å²) in [5.41, 5.74) is 9.63. The van der Waals surface area contributed by atoms with Gasteiger partial charge in [-0.1, -0.05) is 34.1 Å². The van der Waals surface area contributed by atoms with Crippen LogP contribution in [-0.2, 0) is 0 Å². The maximum atomic E-state index is 12.6. The molecule has 5 nitrogen and oxygen atoms in total. The standard InChI is InChI=1S/C20H17BrN4O/c21-12-5-6-17-14(9-12)16(11-24-17)19-10-15(20(26)23-8-7-22)13-3-1-2-4-18(13)25-19/h1-6,9-11,24H,7-8,22H2,(H,23,26). The summed E-state index contributed by atoms with van der Waals surface area (Å²) in [5, 5.41) is 4.73. The number of para-hydroxylation sites is 1. The van der Waals surface area contributed by atoms with E-state index in [1.165, 1.54) is 0 Å². The molecule has 6 heteroatoms. The molecule has 0 unspecified atom stereocenters. The second-order valence-electron chi connectivity index (χ2n) is 6.01. The van der Waals surface area contributed by atoms with Crippen LogP contribution in [0.15, 0.2) is 59.2 Å². The molecule has 0 spiro atoms. The molecular weight excluding hydrogens is 392 g/mol. The number of nitrogens with one attached hydrogen (secondary N) is 2. The number of nitrogens with zero attached hydrogens (tertiary/aromatic N) is 1. The number of aromatic nitrogens is 2. The third kappa shape index (κ3) is 2.98. The first-order valence-electron chi connectivity index (χ1n) is 8.32. The molecule has 0 saturated carbocycles. The maximum absolute atomic E-state index is 12.6. The third-order valence-electron chi connectivity index (χ3n) is 4.31. The zero-order valence-corrected chi connectivity index (χ0v) is 15.5. The number of carbonyl (C=O) groups is 1. The molecule has 0 atom stereocenters. The molecule has 4 N–H and O–H groups in total. The van der Waals surface area contributed by atoms with Crippen molar-refractivity contribution in [2.45, 2.75) is 0 Å². The fraction of sp³-hybridized carbons (Fsp3) is 0.100. The van der Waals surface area contributed by atoms with Gasteiger partial charge < -0.3 is 16.0 Å². The molecule has 0 bridgehead atoms. The van der Waals surface area contributed by atoms with Crippen molar-refractivity contribution < 1.29 is 4.79 Å². The highest BCUT2D eigenvalue weighted by molar-refractivity contribution is 9.10. The smallest absolute Gasteiger partial charge is 0.252 e. The summed E-state index contributed by atoms with van der Waals surface area (Å²) < 4.78 is 0.993. The molecule has 2 heterocycles. The Labute approximate surface area is 158 Å². The van der Waals surface area contributed by atoms with Crippen molar-refractivity contribution in [1.29, 1.82) is 0 Å². The van der Waals surface area contributed by atoms with Crippen molar-refractivity contribution in [3.05, 3.63) is 64.8 Å². The van der Waals surface area contributed by atoms with Gasteiger partial charge in [0.25, 0.3) is 5.91 Å². The predicted molar refractivity (Wildman–Crippen MR) is 108 cm³/mol. The monoisotopic (exact) mass is 408 g/mol. The number of amides is 1. The lowest BCUT2D eigenvalue weighted by molar-refractivity contribution is 0.0956. The van der Waals surface area contributed by atoms with E-state index in [9.17, 15) is 4.79 Å². The van der Waals surface area contributed by atoms with Crippen LogP contribution in [0, 0.1) is 0 Å². The molecule has 1 amide bonds. The van der Waals surface area contributed by atoms with Crippen LogP contribution in [0.3, 0.4) is 0 Å². The Bertz CT molecular complexity index is 1120. The van der Waals surface area contributed by atoms with Gasteiger partial charge in [-0.25, -0.2) is 4.98 Å². The van der Waals surface area contributed by atoms with Gasteiger partial charge in [-0.2, -0.15) is 0 Å². The molecule has 0 radical (unpaired) electrons. The Hall–Kier alpha value is -2.70. The van der Waals surface area contributed by atoms with Gasteiger partial charge in [-0.3, -0.25) is 4.79 Å². The zero-order valence-electron chi connectivity index (χ0n) is 13.9. The van der Waals surface area contributed by atoms with Crippen LogP contribution in [0.5, 0.6) is 0 Å². The third-order valence-corrected chi connectivity index (χ3v) is 4.80. The molecule has 2 aromatic carbocycles. The Morgan fingerprint density at radius 1 is 1.15 bits per heavy atom. The lowest BCUT2D eigenvalue weighted by atomic mass is 10.0. The van der Waals surface area contributed by atoms with E-state index in [0.717, 1.165) is 37.5 Å². The minimum absolute atomic E-state index is 0.142. The molecule has 26 heavy (non-hydrogen) atoms. The summed E-state index contributed by atoms with van der Waals surface area (Å²) in [6.45, 7) is 0.836. The fourth-order valence-corrected chi connectivity index (χ4v) is 3.45. The highest BCUT2D eigenvalue weighted by atomic mass is 79.9. The van der Waals surface area contributed by atoms with Crippen LogP contribution in [0.2, 0.25) is 0 Å². The number of hydrogen-bond acceptors (Lipinski definition) is 3. The van der Waals surface area contributed by atoms with E-state index in [0.29, 0.717) is 18.7 Å². The van der Waals surface area contributed by atoms with Gasteiger partial charge in [-0.05, 0) is 30.3 Å². The van der Waals surface area contributed by atoms with E-state index in [1.54, 1.807) is 0 Å². The molecular formula is C20H17BrN4O. The van der Waals surface area contributed by atoms with Crippen molar-refractivity contribution in [3.63, 3.8) is 0 Å². The minimum Gasteiger partial charge on any atom is -0.360 e. The molecule has 4 aromatic rings. The zero-order chi connectivity index (χ0) is 18.1. The van der Waals surface area contributed by atoms with Crippen molar-refractivity contribution in [1.82, 2.24) is 15.3 Å². The Kier molecular flexibility index (Phi) is 4.44. The van der Waals surface area contributed by atoms with E-state index < -0.39 is 0 Å². The summed E-state index contributed by atoms with van der Waals surface area (Å²) in [6.07, 6.45) is 1.93. The molecule has 0 aliphatic rings. The van der Waals surface area contributed by atoms with Crippen LogP contribution in [0.25, 0.3) is 33.1 Å². The van der Waals surface area contributed by atoms with Gasteiger partial charge in [-0.15, -0.1) is 0 Å². The quantitative estimate of drug-likeness (QED) is 0.479. The summed E-state index contributed by atoms with van der Waals surface area (Å²) in [6, 6.07) is 15.6. The largest absolute Gasteiger partial charge is 0.360 e. The van der Waals surface area contributed by atoms with Gasteiger partial charge in [0.05, 0.1) is 16.8 Å². The molecule has 2 aromatic heterocycles. The molecule has 0 saturated heterocycles. The Morgan fingerprint density at radius 3 is 2.85 bits per heavy atom. The number of rotatable bonds is 4. The first kappa shape index (κ1) is 16.8. The van der Waals surface area contributed by atoms with Crippen LogP contribution < -0.4 is 11.1 Å². The number of H-pyrrole nitrogens is 1. The SMILES string of the molecule is NCCNC(=O)c1cc(-c2c[nH]c3ccc(Br)cc23)nc2ccccc12. The van der Waals surface area contributed by atoms with Crippen LogP contribution in [0.1, 0.15) is 10.4 Å². The lowest BCUT2D eigenvalue weighted by Crippen LogP contribution is -2.29. The van der Waals surface area contributed by atoms with E-state index in [2.05, 4.69) is 26.2 Å². The minimum atomic E-state index is -0.142. The second-order valence-corrected chi connectivity index (χ2v) is 6.92. The van der Waals surface area contributed by atoms with Gasteiger partial charge in [0.15, 0.2) is 0 Å². The van der Waals surface area contributed by atoms with Crippen LogP contribution in [0.4, 0.5) is 0 Å². The highest BCUT2D eigenvalue weighted by Gasteiger charge is 2.15. The highest BCUT2D eigenvalue weighted by Crippen LogP contribution is 2.32. The average molecular weight is 409 g/mol. The number of benzene rings is 2. The fourth-order valence-electron chi connectivity index (χ4n) is 3.09. The second kappa shape index (κ2) is 6.90. The van der Waals surface area contributed by atoms with Crippen molar-refractivity contribution >= 4 is 43.6 Å². The van der Waals surface area contributed by atoms with Gasteiger partial charge >= 0.3 is 0 Å². The van der Waals surface area contributed by atoms with Gasteiger partial charge in [0.1, 0.15) is 0 Å². The molecule has 4 rings (SSSR count). The average Bonchev–Trinajstić information content (AvgIpc) is 3.08. The first-order chi connectivity index (χ1) is 12.7. The lowest BCUT2D eigenvalue weighted by Gasteiger charge is -2.10. The Morgan fingerprint density at radius 2 is 2.00 bits per heavy atom. The number of nitrogens with two attached hydrogens (primary N) is 1. The maximum Gasteiger partial charge on any atom is 0.252 e. The van der Waals surface area contributed by atoms with E-state index >= 15 is 0 Å². The number of pyridine rings is 1. The number of halogens is 1. The van der Waals surface area contributed by atoms with E-state index in [4.69, 9.17) is 10.7 Å². The molecule has 0 fully saturated rings. The van der Waals surface area contributed by atoms with E-state index in [1.807, 2.05) is 54.7 Å². The summed E-state index contributed by atoms with van der Waals surface area (Å²) >= 11 is 3.52. The summed E-state index contributed by atoms with van der Waals surface area (Å²) in [5.74, 6) is -0.142. The van der Waals surface area contributed by atoms with Gasteiger partial charge in [0.2, 0.25) is 0 Å². The van der Waals surface area contributed by atoms with Gasteiger partial charge in [0, 0.05) is 45.6 Å². The molecule has 130 valence electrons. The topological polar surface area (TPSA) is 83.8 Å². The number of fused-ring (bicyclic) bond motifs is 2. The molecule has 0 aliphatic heterocycles. The number of hydrogen-bond donors (Lipinski definition) is 3. The number of carbonyl (C=O) groups excluding carboxylic acids is 1. The van der Waals surface area contributed by atoms with E-state index in [-0.39, 0.29) is 5.91 Å². The normalized spacial score (nSPS) is 11.2. The summed E-state index contributed by atoms with van der Waals surface area (Å²) in [7, 11) is 0. The predicted octanol–water partition coefficient (Wildman–Crippen LogP) is 3.83. The van der Waals surface area contributed by atoms with Crippen LogP contribution in [-0.4, -0.2) is 29.0 Å². The van der Waals surface area contributed by atoms with Crippen molar-refractivity contribution in [2.75, 3.05) is 13.1 Å². The Balaban J connectivity index is 1.92. The van der Waals surface area contributed by atoms with Crippen LogP contribution >= 0.6 is 15.9 Å². The first-order valence-corrected chi connectivity index (χ1v) is 9.12. The number of aromatic amines is 1.